The van der Waals surface area contributed by atoms with Gasteiger partial charge in [-0.1, -0.05) is 78.3 Å². The lowest BCUT2D eigenvalue weighted by Gasteiger charge is -2.33. The second-order valence-electron chi connectivity index (χ2n) is 11.1. The van der Waals surface area contributed by atoms with Crippen molar-refractivity contribution in [3.05, 3.63) is 136 Å². The summed E-state index contributed by atoms with van der Waals surface area (Å²) < 4.78 is 13.7. The third-order valence-corrected chi connectivity index (χ3v) is 8.32. The van der Waals surface area contributed by atoms with Crippen LogP contribution < -0.4 is 4.90 Å². The SMILES string of the molecule is Cc1cccc2c1N(C(=O)c1ccc(F)cc1)CCCN(Cc1ccccc1)CCCN(C(=O)Cc1ccccc1Cl)C2. The molecule has 5 rings (SSSR count). The fraction of sp³-hybridized carbons (Fsp3) is 0.278. The van der Waals surface area contributed by atoms with Crippen molar-refractivity contribution in [1.82, 2.24) is 9.80 Å². The highest BCUT2D eigenvalue weighted by molar-refractivity contribution is 6.31. The fourth-order valence-electron chi connectivity index (χ4n) is 5.76. The Balaban J connectivity index is 1.50. The summed E-state index contributed by atoms with van der Waals surface area (Å²) in [6.07, 6.45) is 1.79. The molecule has 4 aromatic rings. The first-order valence-electron chi connectivity index (χ1n) is 14.8. The zero-order valence-electron chi connectivity index (χ0n) is 24.5. The van der Waals surface area contributed by atoms with Crippen LogP contribution in [0.1, 0.15) is 45.5 Å². The number of para-hydroxylation sites is 1. The minimum atomic E-state index is -0.383. The lowest BCUT2D eigenvalue weighted by atomic mass is 10.0. The Kier molecular flexibility index (Phi) is 10.2. The van der Waals surface area contributed by atoms with Crippen molar-refractivity contribution in [1.29, 1.82) is 0 Å². The van der Waals surface area contributed by atoms with Crippen molar-refractivity contribution in [2.75, 3.05) is 31.1 Å². The van der Waals surface area contributed by atoms with Crippen molar-refractivity contribution in [3.8, 4) is 0 Å². The quantitative estimate of drug-likeness (QED) is 0.242. The number of aryl methyl sites for hydroxylation is 1. The fourth-order valence-corrected chi connectivity index (χ4v) is 5.96. The number of carbonyl (C=O) groups excluding carboxylic acids is 2. The molecule has 1 aliphatic heterocycles. The van der Waals surface area contributed by atoms with Gasteiger partial charge in [0, 0.05) is 49.9 Å². The molecule has 7 heteroatoms. The molecule has 0 aliphatic carbocycles. The molecule has 0 bridgehead atoms. The Morgan fingerprint density at radius 1 is 0.791 bits per heavy atom. The van der Waals surface area contributed by atoms with Crippen molar-refractivity contribution in [3.63, 3.8) is 0 Å². The van der Waals surface area contributed by atoms with Gasteiger partial charge in [0.1, 0.15) is 5.82 Å². The molecule has 1 heterocycles. The number of nitrogens with zero attached hydrogens (tertiary/aromatic N) is 3. The van der Waals surface area contributed by atoms with E-state index in [0.29, 0.717) is 30.2 Å². The molecular weight excluding hydrogens is 561 g/mol. The zero-order valence-corrected chi connectivity index (χ0v) is 25.3. The highest BCUT2D eigenvalue weighted by Gasteiger charge is 2.25. The van der Waals surface area contributed by atoms with Crippen LogP contribution in [0.25, 0.3) is 0 Å². The molecule has 0 saturated carbocycles. The van der Waals surface area contributed by atoms with Crippen LogP contribution in [0.3, 0.4) is 0 Å². The second-order valence-corrected chi connectivity index (χ2v) is 11.5. The standard InChI is InChI=1S/C36H37ClFN3O2/c1-27-10-7-14-31-26-40(34(42)24-30-13-5-6-15-33(30)37)22-8-20-39(25-28-11-3-2-4-12-28)21-9-23-41(35(27)31)36(43)29-16-18-32(38)19-17-29/h2-7,10-19H,8-9,20-26H2,1H3. The average Bonchev–Trinajstić information content (AvgIpc) is 3.00. The van der Waals surface area contributed by atoms with Crippen LogP contribution in [-0.2, 0) is 24.3 Å². The molecule has 0 radical (unpaired) electrons. The van der Waals surface area contributed by atoms with Gasteiger partial charge in [0.05, 0.1) is 12.1 Å². The normalized spacial score (nSPS) is 14.9. The number of halogens is 2. The van der Waals surface area contributed by atoms with Crippen LogP contribution >= 0.6 is 11.6 Å². The minimum Gasteiger partial charge on any atom is -0.338 e. The molecule has 0 N–H and O–H groups in total. The van der Waals surface area contributed by atoms with Gasteiger partial charge in [0.25, 0.3) is 5.91 Å². The molecule has 0 unspecified atom stereocenters. The van der Waals surface area contributed by atoms with Gasteiger partial charge >= 0.3 is 0 Å². The van der Waals surface area contributed by atoms with E-state index < -0.39 is 0 Å². The monoisotopic (exact) mass is 597 g/mol. The summed E-state index contributed by atoms with van der Waals surface area (Å²) in [6, 6.07) is 29.5. The summed E-state index contributed by atoms with van der Waals surface area (Å²) in [4.78, 5) is 33.9. The van der Waals surface area contributed by atoms with Gasteiger partial charge in [-0.15, -0.1) is 0 Å². The Bertz CT molecular complexity index is 1540. The number of hydrogen-bond acceptors (Lipinski definition) is 3. The van der Waals surface area contributed by atoms with Gasteiger partial charge in [0.15, 0.2) is 0 Å². The number of anilines is 1. The van der Waals surface area contributed by atoms with Crippen LogP contribution in [0.15, 0.2) is 97.1 Å². The number of rotatable bonds is 5. The van der Waals surface area contributed by atoms with Gasteiger partial charge in [-0.2, -0.15) is 0 Å². The van der Waals surface area contributed by atoms with Crippen molar-refractivity contribution in [2.24, 2.45) is 0 Å². The Morgan fingerprint density at radius 3 is 2.23 bits per heavy atom. The van der Waals surface area contributed by atoms with Crippen molar-refractivity contribution in [2.45, 2.75) is 39.3 Å². The van der Waals surface area contributed by atoms with E-state index in [0.717, 1.165) is 54.9 Å². The minimum absolute atomic E-state index is 0.0105. The van der Waals surface area contributed by atoms with E-state index in [9.17, 15) is 14.0 Å². The number of carbonyl (C=O) groups is 2. The topological polar surface area (TPSA) is 43.9 Å². The van der Waals surface area contributed by atoms with Crippen LogP contribution in [-0.4, -0.2) is 47.8 Å². The zero-order chi connectivity index (χ0) is 30.2. The summed E-state index contributed by atoms with van der Waals surface area (Å²) in [5.41, 5.74) is 5.11. The van der Waals surface area contributed by atoms with E-state index in [1.807, 2.05) is 71.3 Å². The summed E-state index contributed by atoms with van der Waals surface area (Å²) in [5, 5.41) is 0.576. The first-order valence-corrected chi connectivity index (χ1v) is 15.2. The van der Waals surface area contributed by atoms with Crippen molar-refractivity contribution < 1.29 is 14.0 Å². The van der Waals surface area contributed by atoms with E-state index in [1.165, 1.54) is 29.8 Å². The largest absolute Gasteiger partial charge is 0.338 e. The van der Waals surface area contributed by atoms with Crippen LogP contribution in [0.5, 0.6) is 0 Å². The van der Waals surface area contributed by atoms with E-state index >= 15 is 0 Å². The number of fused-ring (bicyclic) bond motifs is 1. The number of benzene rings is 4. The van der Waals surface area contributed by atoms with Gasteiger partial charge in [-0.3, -0.25) is 14.5 Å². The van der Waals surface area contributed by atoms with Gasteiger partial charge < -0.3 is 9.80 Å². The third-order valence-electron chi connectivity index (χ3n) is 7.95. The molecular formula is C36H37ClFN3O2. The Hall–Kier alpha value is -4.00. The predicted octanol–water partition coefficient (Wildman–Crippen LogP) is 7.30. The molecule has 0 atom stereocenters. The Labute approximate surface area is 258 Å². The number of amides is 2. The molecule has 0 spiro atoms. The van der Waals surface area contributed by atoms with E-state index in [-0.39, 0.29) is 24.1 Å². The summed E-state index contributed by atoms with van der Waals surface area (Å²) in [5.74, 6) is -0.578. The summed E-state index contributed by atoms with van der Waals surface area (Å²) >= 11 is 6.43. The molecule has 43 heavy (non-hydrogen) atoms. The lowest BCUT2D eigenvalue weighted by Crippen LogP contribution is -2.39. The van der Waals surface area contributed by atoms with Gasteiger partial charge in [0.2, 0.25) is 5.91 Å². The smallest absolute Gasteiger partial charge is 0.258 e. The molecule has 0 saturated heterocycles. The molecule has 1 aliphatic rings. The average molecular weight is 598 g/mol. The van der Waals surface area contributed by atoms with Crippen LogP contribution in [0.4, 0.5) is 10.1 Å². The van der Waals surface area contributed by atoms with Gasteiger partial charge in [-0.05, 0) is 72.4 Å². The molecule has 5 nitrogen and oxygen atoms in total. The summed E-state index contributed by atoms with van der Waals surface area (Å²) in [6.45, 7) is 5.82. The maximum atomic E-state index is 14.0. The maximum Gasteiger partial charge on any atom is 0.258 e. The predicted molar refractivity (Wildman–Crippen MR) is 171 cm³/mol. The lowest BCUT2D eigenvalue weighted by molar-refractivity contribution is -0.131. The Morgan fingerprint density at radius 2 is 1.49 bits per heavy atom. The summed E-state index contributed by atoms with van der Waals surface area (Å²) in [7, 11) is 0. The highest BCUT2D eigenvalue weighted by Crippen LogP contribution is 2.30. The van der Waals surface area contributed by atoms with Crippen LogP contribution in [0.2, 0.25) is 5.02 Å². The molecule has 0 fully saturated rings. The van der Waals surface area contributed by atoms with E-state index in [1.54, 1.807) is 6.07 Å². The highest BCUT2D eigenvalue weighted by atomic mass is 35.5. The maximum absolute atomic E-state index is 14.0. The van der Waals surface area contributed by atoms with Crippen LogP contribution in [0, 0.1) is 12.7 Å². The molecule has 0 aromatic heterocycles. The van der Waals surface area contributed by atoms with E-state index in [2.05, 4.69) is 17.0 Å². The number of hydrogen-bond donors (Lipinski definition) is 0. The first-order chi connectivity index (χ1) is 20.9. The molecule has 4 aromatic carbocycles. The first kappa shape index (κ1) is 30.5. The van der Waals surface area contributed by atoms with E-state index in [4.69, 9.17) is 11.6 Å². The third kappa shape index (κ3) is 7.89. The molecule has 222 valence electrons. The molecule has 2 amide bonds. The van der Waals surface area contributed by atoms with Gasteiger partial charge in [-0.25, -0.2) is 4.39 Å². The second kappa shape index (κ2) is 14.5. The van der Waals surface area contributed by atoms with Crippen molar-refractivity contribution >= 4 is 29.1 Å².